The molecule has 0 amide bonds. The van der Waals surface area contributed by atoms with Gasteiger partial charge in [-0.1, -0.05) is 11.8 Å². The van der Waals surface area contributed by atoms with Gasteiger partial charge in [0.25, 0.3) is 0 Å². The summed E-state index contributed by atoms with van der Waals surface area (Å²) in [6.45, 7) is 1.93. The number of hydrogen-bond acceptors (Lipinski definition) is 3. The quantitative estimate of drug-likeness (QED) is 0.607. The lowest BCUT2D eigenvalue weighted by molar-refractivity contribution is 0.420. The molecule has 0 bridgehead atoms. The SMILES string of the molecule is CN(C)C/N=C1\SCCN1C. The number of amidine groups is 1. The normalized spacial score (nSPS) is 22.2. The summed E-state index contributed by atoms with van der Waals surface area (Å²) in [6, 6.07) is 0. The minimum absolute atomic E-state index is 0.798. The molecule has 0 spiro atoms. The van der Waals surface area contributed by atoms with Crippen molar-refractivity contribution in [3.05, 3.63) is 0 Å². The van der Waals surface area contributed by atoms with Crippen LogP contribution in [0.1, 0.15) is 0 Å². The Morgan fingerprint density at radius 1 is 1.64 bits per heavy atom. The van der Waals surface area contributed by atoms with Crippen molar-refractivity contribution >= 4 is 16.9 Å². The highest BCUT2D eigenvalue weighted by Gasteiger charge is 2.13. The van der Waals surface area contributed by atoms with Crippen molar-refractivity contribution in [1.29, 1.82) is 0 Å². The Hall–Kier alpha value is -0.220. The lowest BCUT2D eigenvalue weighted by Crippen LogP contribution is -2.20. The fraction of sp³-hybridized carbons (Fsp3) is 0.857. The molecule has 0 radical (unpaired) electrons. The maximum Gasteiger partial charge on any atom is 0.160 e. The Morgan fingerprint density at radius 3 is 2.82 bits per heavy atom. The van der Waals surface area contributed by atoms with Crippen LogP contribution in [0, 0.1) is 0 Å². The van der Waals surface area contributed by atoms with Crippen LogP contribution in [0.2, 0.25) is 0 Å². The average molecular weight is 173 g/mol. The molecule has 1 aliphatic heterocycles. The van der Waals surface area contributed by atoms with Gasteiger partial charge in [0.15, 0.2) is 5.17 Å². The highest BCUT2D eigenvalue weighted by Crippen LogP contribution is 2.15. The van der Waals surface area contributed by atoms with E-state index in [4.69, 9.17) is 0 Å². The molecule has 1 fully saturated rings. The van der Waals surface area contributed by atoms with Crippen molar-refractivity contribution in [2.45, 2.75) is 0 Å². The number of rotatable bonds is 2. The molecule has 1 aliphatic rings. The van der Waals surface area contributed by atoms with Crippen molar-refractivity contribution in [1.82, 2.24) is 9.80 Å². The van der Waals surface area contributed by atoms with E-state index in [0.717, 1.165) is 13.2 Å². The Kier molecular flexibility index (Phi) is 3.20. The van der Waals surface area contributed by atoms with Gasteiger partial charge in [-0.3, -0.25) is 4.90 Å². The lowest BCUT2D eigenvalue weighted by atomic mass is 10.7. The van der Waals surface area contributed by atoms with Gasteiger partial charge in [-0.25, -0.2) is 4.99 Å². The molecule has 0 N–H and O–H groups in total. The van der Waals surface area contributed by atoms with E-state index in [1.54, 1.807) is 0 Å². The van der Waals surface area contributed by atoms with Crippen LogP contribution >= 0.6 is 11.8 Å². The zero-order valence-corrected chi connectivity index (χ0v) is 8.19. The van der Waals surface area contributed by atoms with Gasteiger partial charge in [0, 0.05) is 19.3 Å². The highest BCUT2D eigenvalue weighted by molar-refractivity contribution is 8.14. The molecule has 0 saturated carbocycles. The van der Waals surface area contributed by atoms with Crippen molar-refractivity contribution < 1.29 is 0 Å². The molecular weight excluding hydrogens is 158 g/mol. The molecule has 0 aromatic rings. The Bertz CT molecular complexity index is 156. The van der Waals surface area contributed by atoms with Gasteiger partial charge in [0.05, 0.1) is 6.67 Å². The first-order valence-corrected chi connectivity index (χ1v) is 4.72. The van der Waals surface area contributed by atoms with Crippen LogP contribution in [-0.2, 0) is 0 Å². The van der Waals surface area contributed by atoms with E-state index in [0.29, 0.717) is 0 Å². The number of nitrogens with zero attached hydrogens (tertiary/aromatic N) is 3. The molecule has 64 valence electrons. The maximum atomic E-state index is 4.44. The minimum Gasteiger partial charge on any atom is -0.354 e. The Morgan fingerprint density at radius 2 is 2.36 bits per heavy atom. The monoisotopic (exact) mass is 173 g/mol. The van der Waals surface area contributed by atoms with Gasteiger partial charge in [0.2, 0.25) is 0 Å². The molecule has 11 heavy (non-hydrogen) atoms. The fourth-order valence-corrected chi connectivity index (χ4v) is 1.86. The number of aliphatic imine (C=N–C) groups is 1. The first-order chi connectivity index (χ1) is 5.20. The third-order valence-corrected chi connectivity index (χ3v) is 2.56. The van der Waals surface area contributed by atoms with Crippen LogP contribution in [0.5, 0.6) is 0 Å². The van der Waals surface area contributed by atoms with Crippen LogP contribution < -0.4 is 0 Å². The number of hydrogen-bond donors (Lipinski definition) is 0. The molecule has 1 rings (SSSR count). The second kappa shape index (κ2) is 3.97. The second-order valence-electron chi connectivity index (χ2n) is 2.93. The summed E-state index contributed by atoms with van der Waals surface area (Å²) in [6.07, 6.45) is 0. The standard InChI is InChI=1S/C7H15N3S/c1-9(2)6-8-7-10(3)4-5-11-7/h4-6H2,1-3H3/b8-7-. The summed E-state index contributed by atoms with van der Waals surface area (Å²) < 4.78 is 0. The Labute approximate surface area is 72.5 Å². The topological polar surface area (TPSA) is 18.8 Å². The van der Waals surface area contributed by atoms with E-state index >= 15 is 0 Å². The molecule has 0 aromatic carbocycles. The summed E-state index contributed by atoms with van der Waals surface area (Å²) in [5.41, 5.74) is 0. The predicted octanol–water partition coefficient (Wildman–Crippen LogP) is 0.540. The van der Waals surface area contributed by atoms with Gasteiger partial charge >= 0.3 is 0 Å². The highest BCUT2D eigenvalue weighted by atomic mass is 32.2. The summed E-state index contributed by atoms with van der Waals surface area (Å²) in [7, 11) is 6.15. The lowest BCUT2D eigenvalue weighted by Gasteiger charge is -2.11. The third-order valence-electron chi connectivity index (χ3n) is 1.47. The van der Waals surface area contributed by atoms with Crippen LogP contribution in [0.25, 0.3) is 0 Å². The van der Waals surface area contributed by atoms with E-state index in [-0.39, 0.29) is 0 Å². The molecule has 4 heteroatoms. The van der Waals surface area contributed by atoms with Crippen molar-refractivity contribution in [2.24, 2.45) is 4.99 Å². The summed E-state index contributed by atoms with van der Waals surface area (Å²) in [4.78, 5) is 8.71. The van der Waals surface area contributed by atoms with E-state index in [1.807, 2.05) is 25.9 Å². The summed E-state index contributed by atoms with van der Waals surface area (Å²) in [5, 5.41) is 1.18. The fourth-order valence-electron chi connectivity index (χ4n) is 0.848. The third kappa shape index (κ3) is 2.71. The molecule has 1 saturated heterocycles. The maximum absolute atomic E-state index is 4.44. The molecule has 3 nitrogen and oxygen atoms in total. The van der Waals surface area contributed by atoms with Crippen LogP contribution in [0.4, 0.5) is 0 Å². The summed E-state index contributed by atoms with van der Waals surface area (Å²) in [5.74, 6) is 1.18. The molecule has 0 aromatic heterocycles. The van der Waals surface area contributed by atoms with Crippen LogP contribution in [0.3, 0.4) is 0 Å². The first-order valence-electron chi connectivity index (χ1n) is 3.73. The molecule has 0 aliphatic carbocycles. The zero-order chi connectivity index (χ0) is 8.27. The average Bonchev–Trinajstić information content (AvgIpc) is 2.31. The van der Waals surface area contributed by atoms with Crippen molar-refractivity contribution in [3.8, 4) is 0 Å². The zero-order valence-electron chi connectivity index (χ0n) is 7.37. The van der Waals surface area contributed by atoms with E-state index in [9.17, 15) is 0 Å². The predicted molar refractivity (Wildman–Crippen MR) is 51.1 cm³/mol. The number of thioether (sulfide) groups is 1. The summed E-state index contributed by atoms with van der Waals surface area (Å²) >= 11 is 1.84. The van der Waals surface area contributed by atoms with Gasteiger partial charge in [-0.15, -0.1) is 0 Å². The van der Waals surface area contributed by atoms with E-state index in [2.05, 4.69) is 21.8 Å². The van der Waals surface area contributed by atoms with Gasteiger partial charge in [-0.05, 0) is 14.1 Å². The smallest absolute Gasteiger partial charge is 0.160 e. The van der Waals surface area contributed by atoms with Gasteiger partial charge in [-0.2, -0.15) is 0 Å². The van der Waals surface area contributed by atoms with Crippen LogP contribution in [0.15, 0.2) is 4.99 Å². The van der Waals surface area contributed by atoms with Gasteiger partial charge in [0.1, 0.15) is 0 Å². The molecular formula is C7H15N3S. The van der Waals surface area contributed by atoms with E-state index in [1.165, 1.54) is 10.9 Å². The second-order valence-corrected chi connectivity index (χ2v) is 3.99. The molecule has 0 unspecified atom stereocenters. The minimum atomic E-state index is 0.798. The van der Waals surface area contributed by atoms with Crippen molar-refractivity contribution in [2.75, 3.05) is 40.1 Å². The molecule has 0 atom stereocenters. The van der Waals surface area contributed by atoms with Crippen molar-refractivity contribution in [3.63, 3.8) is 0 Å². The van der Waals surface area contributed by atoms with Gasteiger partial charge < -0.3 is 4.90 Å². The van der Waals surface area contributed by atoms with E-state index < -0.39 is 0 Å². The van der Waals surface area contributed by atoms with Crippen LogP contribution in [-0.4, -0.2) is 55.1 Å². The largest absolute Gasteiger partial charge is 0.354 e. The Balaban J connectivity index is 2.39. The molecule has 1 heterocycles. The first kappa shape index (κ1) is 8.87.